The number of ether oxygens (including phenoxy) is 1. The average molecular weight is 271 g/mol. The van der Waals surface area contributed by atoms with E-state index in [4.69, 9.17) is 4.74 Å². The predicted octanol–water partition coefficient (Wildman–Crippen LogP) is 2.85. The van der Waals surface area contributed by atoms with Gasteiger partial charge in [0.2, 0.25) is 0 Å². The molecule has 15 heavy (non-hydrogen) atoms. The van der Waals surface area contributed by atoms with E-state index in [9.17, 15) is 0 Å². The fourth-order valence-electron chi connectivity index (χ4n) is 1.00. The molecule has 1 aromatic rings. The second kappa shape index (κ2) is 7.43. The lowest BCUT2D eigenvalue weighted by Crippen LogP contribution is -2.10. The third-order valence-electron chi connectivity index (χ3n) is 1.75. The molecule has 0 radical (unpaired) electrons. The molecule has 0 amide bonds. The summed E-state index contributed by atoms with van der Waals surface area (Å²) < 4.78 is 6.33. The first-order valence-corrected chi connectivity index (χ1v) is 5.66. The summed E-state index contributed by atoms with van der Waals surface area (Å²) in [6.45, 7) is 5.82. The summed E-state index contributed by atoms with van der Waals surface area (Å²) in [6.07, 6.45) is 4.52. The Kier molecular flexibility index (Phi) is 6.04. The van der Waals surface area contributed by atoms with Gasteiger partial charge in [-0.25, -0.2) is 4.98 Å². The van der Waals surface area contributed by atoms with Crippen molar-refractivity contribution in [1.29, 1.82) is 0 Å². The smallest absolute Gasteiger partial charge is 0.126 e. The van der Waals surface area contributed by atoms with E-state index >= 15 is 0 Å². The first kappa shape index (κ1) is 12.2. The lowest BCUT2D eigenvalue weighted by atomic mass is 10.4. The molecular weight excluding hydrogens is 256 g/mol. The van der Waals surface area contributed by atoms with Gasteiger partial charge in [0, 0.05) is 17.2 Å². The highest BCUT2D eigenvalue weighted by Crippen LogP contribution is 2.09. The summed E-state index contributed by atoms with van der Waals surface area (Å²) >= 11 is 3.33. The zero-order valence-electron chi connectivity index (χ0n) is 8.58. The topological polar surface area (TPSA) is 34.1 Å². The second-order valence-corrected chi connectivity index (χ2v) is 3.89. The lowest BCUT2D eigenvalue weighted by molar-refractivity contribution is 0.149. The molecule has 0 bridgehead atoms. The van der Waals surface area contributed by atoms with Gasteiger partial charge in [0.1, 0.15) is 5.82 Å². The Labute approximate surface area is 98.7 Å². The van der Waals surface area contributed by atoms with Crippen molar-refractivity contribution in [1.82, 2.24) is 4.98 Å². The van der Waals surface area contributed by atoms with Crippen LogP contribution in [0.15, 0.2) is 35.5 Å². The maximum atomic E-state index is 5.35. The standard InChI is InChI=1S/C11H15BrN2O/c1-2-3-7-15-8-6-13-11-5-4-10(12)9-14-11/h2,4-5,9H,1,3,6-8H2,(H,13,14). The Morgan fingerprint density at radius 3 is 3.00 bits per heavy atom. The number of nitrogens with zero attached hydrogens (tertiary/aromatic N) is 1. The fraction of sp³-hybridized carbons (Fsp3) is 0.364. The van der Waals surface area contributed by atoms with Crippen LogP contribution in [-0.2, 0) is 4.74 Å². The number of anilines is 1. The normalized spacial score (nSPS) is 9.93. The highest BCUT2D eigenvalue weighted by Gasteiger charge is 1.92. The minimum atomic E-state index is 0.686. The van der Waals surface area contributed by atoms with Crippen LogP contribution in [0.25, 0.3) is 0 Å². The van der Waals surface area contributed by atoms with E-state index in [1.807, 2.05) is 18.2 Å². The van der Waals surface area contributed by atoms with E-state index < -0.39 is 0 Å². The van der Waals surface area contributed by atoms with Crippen LogP contribution in [0.4, 0.5) is 5.82 Å². The molecule has 0 spiro atoms. The minimum absolute atomic E-state index is 0.686. The lowest BCUT2D eigenvalue weighted by Gasteiger charge is -2.05. The van der Waals surface area contributed by atoms with Crippen molar-refractivity contribution in [3.63, 3.8) is 0 Å². The Morgan fingerprint density at radius 2 is 2.33 bits per heavy atom. The summed E-state index contributed by atoms with van der Waals surface area (Å²) in [5, 5.41) is 3.17. The molecule has 0 saturated heterocycles. The zero-order valence-corrected chi connectivity index (χ0v) is 10.2. The number of rotatable bonds is 7. The van der Waals surface area contributed by atoms with Gasteiger partial charge in [0.15, 0.2) is 0 Å². The van der Waals surface area contributed by atoms with Crippen molar-refractivity contribution in [3.8, 4) is 0 Å². The van der Waals surface area contributed by atoms with Crippen molar-refractivity contribution in [2.24, 2.45) is 0 Å². The third kappa shape index (κ3) is 5.54. The summed E-state index contributed by atoms with van der Waals surface area (Å²) in [4.78, 5) is 4.18. The number of aromatic nitrogens is 1. The molecule has 4 heteroatoms. The quantitative estimate of drug-likeness (QED) is 0.611. The first-order chi connectivity index (χ1) is 7.33. The van der Waals surface area contributed by atoms with E-state index in [-0.39, 0.29) is 0 Å². The van der Waals surface area contributed by atoms with Crippen LogP contribution in [0.2, 0.25) is 0 Å². The second-order valence-electron chi connectivity index (χ2n) is 2.98. The maximum Gasteiger partial charge on any atom is 0.126 e. The van der Waals surface area contributed by atoms with E-state index in [1.165, 1.54) is 0 Å². The van der Waals surface area contributed by atoms with E-state index in [1.54, 1.807) is 6.20 Å². The molecule has 1 heterocycles. The van der Waals surface area contributed by atoms with Crippen LogP contribution in [-0.4, -0.2) is 24.7 Å². The number of hydrogen-bond acceptors (Lipinski definition) is 3. The predicted molar refractivity (Wildman–Crippen MR) is 66.1 cm³/mol. The van der Waals surface area contributed by atoms with Gasteiger partial charge in [-0.3, -0.25) is 0 Å². The van der Waals surface area contributed by atoms with Crippen LogP contribution in [0.3, 0.4) is 0 Å². The summed E-state index contributed by atoms with van der Waals surface area (Å²) in [5.74, 6) is 0.866. The molecule has 0 aliphatic carbocycles. The van der Waals surface area contributed by atoms with Gasteiger partial charge >= 0.3 is 0 Å². The number of pyridine rings is 1. The molecule has 0 unspecified atom stereocenters. The summed E-state index contributed by atoms with van der Waals surface area (Å²) in [6, 6.07) is 3.88. The Hall–Kier alpha value is -0.870. The van der Waals surface area contributed by atoms with Gasteiger partial charge in [-0.15, -0.1) is 6.58 Å². The highest BCUT2D eigenvalue weighted by molar-refractivity contribution is 9.10. The van der Waals surface area contributed by atoms with Crippen molar-refractivity contribution >= 4 is 21.7 Å². The van der Waals surface area contributed by atoms with Crippen LogP contribution in [0.1, 0.15) is 6.42 Å². The Balaban J connectivity index is 2.09. The van der Waals surface area contributed by atoms with Gasteiger partial charge in [0.05, 0.1) is 13.2 Å². The molecule has 0 fully saturated rings. The molecule has 0 aliphatic heterocycles. The summed E-state index contributed by atoms with van der Waals surface area (Å²) in [7, 11) is 0. The first-order valence-electron chi connectivity index (χ1n) is 4.87. The fourth-order valence-corrected chi connectivity index (χ4v) is 1.23. The zero-order chi connectivity index (χ0) is 10.9. The molecule has 0 aromatic carbocycles. The monoisotopic (exact) mass is 270 g/mol. The van der Waals surface area contributed by atoms with E-state index in [0.717, 1.165) is 29.9 Å². The minimum Gasteiger partial charge on any atom is -0.379 e. The van der Waals surface area contributed by atoms with E-state index in [0.29, 0.717) is 6.61 Å². The van der Waals surface area contributed by atoms with Crippen molar-refractivity contribution < 1.29 is 4.74 Å². The van der Waals surface area contributed by atoms with Crippen LogP contribution in [0.5, 0.6) is 0 Å². The molecule has 0 saturated carbocycles. The van der Waals surface area contributed by atoms with Gasteiger partial charge in [-0.05, 0) is 34.5 Å². The van der Waals surface area contributed by atoms with Crippen molar-refractivity contribution in [2.75, 3.05) is 25.1 Å². The molecule has 0 aliphatic rings. The van der Waals surface area contributed by atoms with Gasteiger partial charge in [0.25, 0.3) is 0 Å². The SMILES string of the molecule is C=CCCOCCNc1ccc(Br)cn1. The largest absolute Gasteiger partial charge is 0.379 e. The van der Waals surface area contributed by atoms with Crippen molar-refractivity contribution in [3.05, 3.63) is 35.5 Å². The molecule has 1 N–H and O–H groups in total. The molecule has 3 nitrogen and oxygen atoms in total. The highest BCUT2D eigenvalue weighted by atomic mass is 79.9. The van der Waals surface area contributed by atoms with Crippen LogP contribution in [0, 0.1) is 0 Å². The van der Waals surface area contributed by atoms with Gasteiger partial charge < -0.3 is 10.1 Å². The van der Waals surface area contributed by atoms with Gasteiger partial charge in [-0.2, -0.15) is 0 Å². The molecule has 82 valence electrons. The van der Waals surface area contributed by atoms with Crippen LogP contribution < -0.4 is 5.32 Å². The van der Waals surface area contributed by atoms with Crippen molar-refractivity contribution in [2.45, 2.75) is 6.42 Å². The number of hydrogen-bond donors (Lipinski definition) is 1. The third-order valence-corrected chi connectivity index (χ3v) is 2.22. The van der Waals surface area contributed by atoms with E-state index in [2.05, 4.69) is 32.8 Å². The molecule has 0 atom stereocenters. The molecule has 1 aromatic heterocycles. The Bertz CT molecular complexity index is 287. The summed E-state index contributed by atoms with van der Waals surface area (Å²) in [5.41, 5.74) is 0. The molecular formula is C11H15BrN2O. The number of halogens is 1. The average Bonchev–Trinajstić information content (AvgIpc) is 2.26. The molecule has 1 rings (SSSR count). The number of nitrogens with one attached hydrogen (secondary N) is 1. The Morgan fingerprint density at radius 1 is 1.47 bits per heavy atom. The maximum absolute atomic E-state index is 5.35. The van der Waals surface area contributed by atoms with Gasteiger partial charge in [-0.1, -0.05) is 6.08 Å². The van der Waals surface area contributed by atoms with Crippen LogP contribution >= 0.6 is 15.9 Å².